The van der Waals surface area contributed by atoms with Crippen LogP contribution in [0.5, 0.6) is 0 Å². The van der Waals surface area contributed by atoms with Gasteiger partial charge in [0.15, 0.2) is 0 Å². The summed E-state index contributed by atoms with van der Waals surface area (Å²) in [6.07, 6.45) is 42.7. The predicted octanol–water partition coefficient (Wildman–Crippen LogP) is 12.9. The molecule has 248 valence electrons. The van der Waals surface area contributed by atoms with Crippen molar-refractivity contribution in [3.05, 3.63) is 0 Å². The molecule has 1 N–H and O–H groups in total. The van der Waals surface area contributed by atoms with E-state index in [1.54, 1.807) is 0 Å². The molecule has 0 rings (SSSR count). The third-order valence-corrected chi connectivity index (χ3v) is 9.32. The molecule has 0 spiro atoms. The van der Waals surface area contributed by atoms with Gasteiger partial charge in [0.05, 0.1) is 6.61 Å². The van der Waals surface area contributed by atoms with Gasteiger partial charge in [-0.3, -0.25) is 4.55 Å². The Morgan fingerprint density at radius 2 is 0.634 bits per heavy atom. The van der Waals surface area contributed by atoms with Crippen LogP contribution in [-0.4, -0.2) is 19.6 Å². The molecule has 1 unspecified atom stereocenters. The topological polar surface area (TPSA) is 63.6 Å². The Hall–Kier alpha value is -0.130. The Labute approximate surface area is 258 Å². The lowest BCUT2D eigenvalue weighted by Crippen LogP contribution is -2.14. The largest absolute Gasteiger partial charge is 0.397 e. The fraction of sp³-hybridized carbons (Fsp3) is 1.00. The summed E-state index contributed by atoms with van der Waals surface area (Å²) >= 11 is 0. The molecule has 0 aromatic heterocycles. The molecular weight excluding hydrogens is 528 g/mol. The summed E-state index contributed by atoms with van der Waals surface area (Å²) < 4.78 is 36.0. The monoisotopic (exact) mass is 603 g/mol. The van der Waals surface area contributed by atoms with Crippen LogP contribution >= 0.6 is 0 Å². The maximum Gasteiger partial charge on any atom is 0.397 e. The molecule has 0 radical (unpaired) electrons. The molecule has 0 aliphatic rings. The van der Waals surface area contributed by atoms with Gasteiger partial charge in [0, 0.05) is 0 Å². The highest BCUT2D eigenvalue weighted by Crippen LogP contribution is 2.21. The van der Waals surface area contributed by atoms with E-state index < -0.39 is 10.4 Å². The molecule has 41 heavy (non-hydrogen) atoms. The van der Waals surface area contributed by atoms with Crippen LogP contribution in [0.15, 0.2) is 0 Å². The van der Waals surface area contributed by atoms with Crippen molar-refractivity contribution >= 4 is 10.4 Å². The van der Waals surface area contributed by atoms with Crippen LogP contribution in [-0.2, 0) is 14.6 Å². The molecule has 0 saturated heterocycles. The van der Waals surface area contributed by atoms with Gasteiger partial charge in [-0.15, -0.1) is 0 Å². The average Bonchev–Trinajstić information content (AvgIpc) is 2.94. The first kappa shape index (κ1) is 40.9. The first-order valence-electron chi connectivity index (χ1n) is 18.6. The summed E-state index contributed by atoms with van der Waals surface area (Å²) in [6, 6.07) is 0. The van der Waals surface area contributed by atoms with Crippen molar-refractivity contribution in [3.8, 4) is 0 Å². The van der Waals surface area contributed by atoms with Crippen molar-refractivity contribution in [1.82, 2.24) is 0 Å². The van der Waals surface area contributed by atoms with E-state index in [4.69, 9.17) is 8.74 Å². The van der Waals surface area contributed by atoms with E-state index in [-0.39, 0.29) is 12.5 Å². The fourth-order valence-electron chi connectivity index (χ4n) is 6.10. The first-order chi connectivity index (χ1) is 20.0. The molecule has 0 heterocycles. The second-order valence-electron chi connectivity index (χ2n) is 13.1. The molecule has 0 saturated carbocycles. The second-order valence-corrected chi connectivity index (χ2v) is 14.1. The summed E-state index contributed by atoms with van der Waals surface area (Å²) in [6.45, 7) is 4.69. The Balaban J connectivity index is 3.66. The summed E-state index contributed by atoms with van der Waals surface area (Å²) in [4.78, 5) is 0. The van der Waals surface area contributed by atoms with Gasteiger partial charge in [-0.25, -0.2) is 4.18 Å². The third-order valence-electron chi connectivity index (χ3n) is 8.88. The van der Waals surface area contributed by atoms with Gasteiger partial charge in [0.2, 0.25) is 0 Å². The van der Waals surface area contributed by atoms with Crippen molar-refractivity contribution in [1.29, 1.82) is 0 Å². The van der Waals surface area contributed by atoms with Crippen LogP contribution < -0.4 is 0 Å². The molecule has 1 atom stereocenters. The normalized spacial score (nSPS) is 12.8. The summed E-state index contributed by atoms with van der Waals surface area (Å²) in [5.74, 6) is 0.237. The summed E-state index contributed by atoms with van der Waals surface area (Å²) in [5.41, 5.74) is 0. The highest BCUT2D eigenvalue weighted by molar-refractivity contribution is 7.80. The van der Waals surface area contributed by atoms with Crippen molar-refractivity contribution < 1.29 is 17.2 Å². The zero-order valence-corrected chi connectivity index (χ0v) is 28.8. The Morgan fingerprint density at radius 1 is 0.415 bits per heavy atom. The maximum absolute atomic E-state index is 11.1. The van der Waals surface area contributed by atoms with Crippen LogP contribution in [0.25, 0.3) is 0 Å². The van der Waals surface area contributed by atoms with E-state index in [0.717, 1.165) is 25.7 Å². The molecule has 0 amide bonds. The lowest BCUT2D eigenvalue weighted by atomic mass is 9.94. The third kappa shape index (κ3) is 36.0. The average molecular weight is 603 g/mol. The van der Waals surface area contributed by atoms with Crippen LogP contribution in [0.4, 0.5) is 0 Å². The standard InChI is InChI=1S/C36H74O4S/c1-3-5-7-9-11-13-15-17-19-20-22-24-26-28-30-32-34-36(35-40-41(37,38)39)33-31-29-27-25-23-21-18-16-14-12-10-8-6-4-2/h36H,3-35H2,1-2H3,(H,37,38,39). The van der Waals surface area contributed by atoms with Crippen molar-refractivity contribution in [2.75, 3.05) is 6.61 Å². The van der Waals surface area contributed by atoms with Gasteiger partial charge in [-0.2, -0.15) is 8.42 Å². The quantitative estimate of drug-likeness (QED) is 0.0579. The molecule has 0 aliphatic heterocycles. The van der Waals surface area contributed by atoms with Crippen molar-refractivity contribution in [3.63, 3.8) is 0 Å². The highest BCUT2D eigenvalue weighted by Gasteiger charge is 2.13. The van der Waals surface area contributed by atoms with E-state index in [1.807, 2.05) is 0 Å². The smallest absolute Gasteiger partial charge is 0.264 e. The number of unbranched alkanes of at least 4 members (excludes halogenated alkanes) is 28. The minimum Gasteiger partial charge on any atom is -0.264 e. The van der Waals surface area contributed by atoms with Gasteiger partial charge in [0.25, 0.3) is 0 Å². The van der Waals surface area contributed by atoms with E-state index in [0.29, 0.717) is 0 Å². The van der Waals surface area contributed by atoms with E-state index in [2.05, 4.69) is 13.8 Å². The van der Waals surface area contributed by atoms with Crippen LogP contribution in [0, 0.1) is 5.92 Å². The first-order valence-corrected chi connectivity index (χ1v) is 20.0. The zero-order chi connectivity index (χ0) is 30.1. The van der Waals surface area contributed by atoms with Crippen molar-refractivity contribution in [2.45, 2.75) is 219 Å². The van der Waals surface area contributed by atoms with Crippen LogP contribution in [0.3, 0.4) is 0 Å². The fourth-order valence-corrected chi connectivity index (χ4v) is 6.47. The Kier molecular flexibility index (Phi) is 32.7. The molecule has 0 fully saturated rings. The molecule has 0 aromatic rings. The molecule has 5 heteroatoms. The molecule has 4 nitrogen and oxygen atoms in total. The lowest BCUT2D eigenvalue weighted by Gasteiger charge is -2.16. The predicted molar refractivity (Wildman–Crippen MR) is 180 cm³/mol. The van der Waals surface area contributed by atoms with Gasteiger partial charge >= 0.3 is 10.4 Å². The molecule has 0 aliphatic carbocycles. The SMILES string of the molecule is CCCCCCCCCCCCCCCCCCC(CCCCCCCCCCCCCCCC)COS(=O)(=O)O. The van der Waals surface area contributed by atoms with E-state index in [9.17, 15) is 8.42 Å². The maximum atomic E-state index is 11.1. The number of rotatable bonds is 35. The summed E-state index contributed by atoms with van der Waals surface area (Å²) in [5, 5.41) is 0. The number of hydrogen-bond acceptors (Lipinski definition) is 3. The van der Waals surface area contributed by atoms with Gasteiger partial charge < -0.3 is 0 Å². The molecular formula is C36H74O4S. The van der Waals surface area contributed by atoms with Gasteiger partial charge in [-0.05, 0) is 18.8 Å². The molecule has 0 bridgehead atoms. The van der Waals surface area contributed by atoms with E-state index in [1.165, 1.54) is 180 Å². The van der Waals surface area contributed by atoms with E-state index >= 15 is 0 Å². The van der Waals surface area contributed by atoms with Crippen molar-refractivity contribution in [2.24, 2.45) is 5.92 Å². The zero-order valence-electron chi connectivity index (χ0n) is 28.0. The van der Waals surface area contributed by atoms with Crippen LogP contribution in [0.2, 0.25) is 0 Å². The Morgan fingerprint density at radius 3 is 0.854 bits per heavy atom. The highest BCUT2D eigenvalue weighted by atomic mass is 32.3. The lowest BCUT2D eigenvalue weighted by molar-refractivity contribution is 0.204. The van der Waals surface area contributed by atoms with Gasteiger partial charge in [0.1, 0.15) is 0 Å². The van der Waals surface area contributed by atoms with Gasteiger partial charge in [-0.1, -0.05) is 206 Å². The minimum absolute atomic E-state index is 0.135. The molecule has 0 aromatic carbocycles. The minimum atomic E-state index is -4.34. The summed E-state index contributed by atoms with van der Waals surface area (Å²) in [7, 11) is -4.34. The Bertz CT molecular complexity index is 592. The number of hydrogen-bond donors (Lipinski definition) is 1. The second kappa shape index (κ2) is 32.8. The van der Waals surface area contributed by atoms with Crippen LogP contribution in [0.1, 0.15) is 219 Å².